The molecule has 4 rings (SSSR count). The first kappa shape index (κ1) is 17.1. The van der Waals surface area contributed by atoms with E-state index >= 15 is 0 Å². The molecule has 27 heavy (non-hydrogen) atoms. The number of carbonyl (C=O) groups is 1. The van der Waals surface area contributed by atoms with Gasteiger partial charge in [0.2, 0.25) is 0 Å². The van der Waals surface area contributed by atoms with Gasteiger partial charge in [0.1, 0.15) is 29.6 Å². The van der Waals surface area contributed by atoms with Crippen LogP contribution in [0.4, 0.5) is 10.2 Å². The topological polar surface area (TPSA) is 67.2 Å². The molecule has 2 aromatic heterocycles. The van der Waals surface area contributed by atoms with Crippen LogP contribution in [-0.2, 0) is 0 Å². The van der Waals surface area contributed by atoms with Crippen LogP contribution >= 0.6 is 0 Å². The second-order valence-corrected chi connectivity index (χ2v) is 6.34. The van der Waals surface area contributed by atoms with Crippen molar-refractivity contribution < 1.29 is 9.18 Å². The summed E-state index contributed by atoms with van der Waals surface area (Å²) in [5.74, 6) is 1.64. The molecule has 1 aromatic carbocycles. The fourth-order valence-corrected chi connectivity index (χ4v) is 3.21. The summed E-state index contributed by atoms with van der Waals surface area (Å²) >= 11 is 0. The maximum absolute atomic E-state index is 13.9. The zero-order chi connectivity index (χ0) is 18.8. The Hall–Kier alpha value is -3.29. The van der Waals surface area contributed by atoms with Gasteiger partial charge in [-0.15, -0.1) is 0 Å². The number of anilines is 1. The van der Waals surface area contributed by atoms with Gasteiger partial charge in [-0.25, -0.2) is 19.3 Å². The molecule has 0 unspecified atom stereocenters. The largest absolute Gasteiger partial charge is 0.353 e. The molecular weight excluding hydrogens is 347 g/mol. The van der Waals surface area contributed by atoms with E-state index in [9.17, 15) is 9.18 Å². The highest BCUT2D eigenvalue weighted by Gasteiger charge is 2.24. The second kappa shape index (κ2) is 7.14. The Kier molecular flexibility index (Phi) is 4.53. The van der Waals surface area contributed by atoms with E-state index in [4.69, 9.17) is 0 Å². The van der Waals surface area contributed by atoms with Crippen molar-refractivity contribution >= 4 is 11.7 Å². The third-order valence-electron chi connectivity index (χ3n) is 4.71. The summed E-state index contributed by atoms with van der Waals surface area (Å²) in [6, 6.07) is 7.99. The average Bonchev–Trinajstić information content (AvgIpc) is 3.14. The molecule has 3 heterocycles. The minimum Gasteiger partial charge on any atom is -0.353 e. The summed E-state index contributed by atoms with van der Waals surface area (Å²) in [6.45, 7) is 4.18. The first-order valence-corrected chi connectivity index (χ1v) is 8.74. The van der Waals surface area contributed by atoms with Crippen LogP contribution in [0.3, 0.4) is 0 Å². The Morgan fingerprint density at radius 3 is 2.48 bits per heavy atom. The molecule has 0 aliphatic carbocycles. The van der Waals surface area contributed by atoms with Crippen LogP contribution < -0.4 is 4.90 Å². The Morgan fingerprint density at radius 1 is 1.04 bits per heavy atom. The smallest absolute Gasteiger partial charge is 0.256 e. The van der Waals surface area contributed by atoms with Crippen molar-refractivity contribution in [3.63, 3.8) is 0 Å². The maximum Gasteiger partial charge on any atom is 0.256 e. The number of aromatic nitrogens is 4. The molecule has 1 fully saturated rings. The van der Waals surface area contributed by atoms with Gasteiger partial charge in [-0.2, -0.15) is 0 Å². The van der Waals surface area contributed by atoms with E-state index in [1.807, 2.05) is 23.8 Å². The van der Waals surface area contributed by atoms with Crippen LogP contribution in [0.25, 0.3) is 5.82 Å². The predicted molar refractivity (Wildman–Crippen MR) is 98.4 cm³/mol. The van der Waals surface area contributed by atoms with Gasteiger partial charge in [0.25, 0.3) is 5.91 Å². The molecule has 3 aromatic rings. The van der Waals surface area contributed by atoms with E-state index in [0.29, 0.717) is 26.2 Å². The quantitative estimate of drug-likeness (QED) is 0.710. The second-order valence-electron chi connectivity index (χ2n) is 6.34. The van der Waals surface area contributed by atoms with Crippen molar-refractivity contribution in [1.82, 2.24) is 24.4 Å². The van der Waals surface area contributed by atoms with E-state index in [1.54, 1.807) is 23.2 Å². The number of aryl methyl sites for hydroxylation is 1. The van der Waals surface area contributed by atoms with Crippen LogP contribution in [0.2, 0.25) is 0 Å². The fourth-order valence-electron chi connectivity index (χ4n) is 3.21. The van der Waals surface area contributed by atoms with Crippen molar-refractivity contribution in [3.8, 4) is 5.82 Å². The zero-order valence-corrected chi connectivity index (χ0v) is 14.9. The summed E-state index contributed by atoms with van der Waals surface area (Å²) in [5, 5.41) is 0. The molecule has 8 heteroatoms. The van der Waals surface area contributed by atoms with Crippen LogP contribution in [0, 0.1) is 12.7 Å². The molecule has 1 amide bonds. The molecule has 0 radical (unpaired) electrons. The van der Waals surface area contributed by atoms with Gasteiger partial charge in [-0.3, -0.25) is 9.36 Å². The van der Waals surface area contributed by atoms with E-state index in [0.717, 1.165) is 17.5 Å². The number of rotatable bonds is 3. The van der Waals surface area contributed by atoms with Gasteiger partial charge in [0.15, 0.2) is 0 Å². The monoisotopic (exact) mass is 366 g/mol. The molecule has 1 aliphatic rings. The van der Waals surface area contributed by atoms with Gasteiger partial charge < -0.3 is 9.80 Å². The van der Waals surface area contributed by atoms with E-state index in [-0.39, 0.29) is 11.5 Å². The third kappa shape index (κ3) is 3.38. The number of amides is 1. The van der Waals surface area contributed by atoms with Gasteiger partial charge in [-0.1, -0.05) is 12.1 Å². The number of piperazine rings is 1. The number of halogens is 1. The maximum atomic E-state index is 13.9. The van der Waals surface area contributed by atoms with Gasteiger partial charge in [0.05, 0.1) is 5.56 Å². The lowest BCUT2D eigenvalue weighted by atomic mass is 10.1. The minimum atomic E-state index is -0.485. The standard InChI is InChI=1S/C19H19FN6O/c1-14-21-6-7-26(14)18-12-17(22-13-23-18)24-8-10-25(11-9-24)19(27)15-4-2-3-5-16(15)20/h2-7,12-13H,8-11H2,1H3. The number of nitrogens with zero attached hydrogens (tertiary/aromatic N) is 6. The molecule has 0 spiro atoms. The lowest BCUT2D eigenvalue weighted by molar-refractivity contribution is 0.0742. The third-order valence-corrected chi connectivity index (χ3v) is 4.71. The molecule has 0 atom stereocenters. The summed E-state index contributed by atoms with van der Waals surface area (Å²) in [7, 11) is 0. The van der Waals surface area contributed by atoms with Crippen molar-refractivity contribution in [2.75, 3.05) is 31.1 Å². The molecule has 7 nitrogen and oxygen atoms in total. The Labute approximate surface area is 156 Å². The lowest BCUT2D eigenvalue weighted by Crippen LogP contribution is -2.49. The highest BCUT2D eigenvalue weighted by Crippen LogP contribution is 2.18. The summed E-state index contributed by atoms with van der Waals surface area (Å²) in [5.41, 5.74) is 0.117. The molecule has 0 bridgehead atoms. The fraction of sp³-hybridized carbons (Fsp3) is 0.263. The molecule has 0 N–H and O–H groups in total. The number of imidazole rings is 1. The van der Waals surface area contributed by atoms with E-state index < -0.39 is 5.82 Å². The lowest BCUT2D eigenvalue weighted by Gasteiger charge is -2.35. The number of hydrogen-bond donors (Lipinski definition) is 0. The Bertz CT molecular complexity index is 964. The first-order valence-electron chi connectivity index (χ1n) is 8.74. The van der Waals surface area contributed by atoms with E-state index in [2.05, 4.69) is 19.9 Å². The number of carbonyl (C=O) groups excluding carboxylic acids is 1. The molecule has 1 aliphatic heterocycles. The van der Waals surface area contributed by atoms with Gasteiger partial charge in [0, 0.05) is 44.6 Å². The number of benzene rings is 1. The Morgan fingerprint density at radius 2 is 1.78 bits per heavy atom. The highest BCUT2D eigenvalue weighted by atomic mass is 19.1. The number of hydrogen-bond acceptors (Lipinski definition) is 5. The first-order chi connectivity index (χ1) is 13.1. The van der Waals surface area contributed by atoms with Crippen LogP contribution in [-0.4, -0.2) is 56.5 Å². The molecule has 1 saturated heterocycles. The van der Waals surface area contributed by atoms with E-state index in [1.165, 1.54) is 18.5 Å². The SMILES string of the molecule is Cc1nccn1-c1cc(N2CCN(C(=O)c3ccccc3F)CC2)ncn1. The molecular formula is C19H19FN6O. The summed E-state index contributed by atoms with van der Waals surface area (Å²) < 4.78 is 15.8. The normalized spacial score (nSPS) is 14.4. The Balaban J connectivity index is 1.46. The average molecular weight is 366 g/mol. The molecule has 0 saturated carbocycles. The van der Waals surface area contributed by atoms with Gasteiger partial charge in [-0.05, 0) is 19.1 Å². The minimum absolute atomic E-state index is 0.117. The van der Waals surface area contributed by atoms with Crippen LogP contribution in [0.5, 0.6) is 0 Å². The zero-order valence-electron chi connectivity index (χ0n) is 14.9. The predicted octanol–water partition coefficient (Wildman–Crippen LogP) is 2.07. The summed E-state index contributed by atoms with van der Waals surface area (Å²) in [4.78, 5) is 29.2. The van der Waals surface area contributed by atoms with Crippen LogP contribution in [0.15, 0.2) is 49.1 Å². The van der Waals surface area contributed by atoms with Crippen molar-refractivity contribution in [1.29, 1.82) is 0 Å². The van der Waals surface area contributed by atoms with Crippen molar-refractivity contribution in [2.45, 2.75) is 6.92 Å². The summed E-state index contributed by atoms with van der Waals surface area (Å²) in [6.07, 6.45) is 5.11. The van der Waals surface area contributed by atoms with Crippen molar-refractivity contribution in [3.05, 3.63) is 66.3 Å². The highest BCUT2D eigenvalue weighted by molar-refractivity contribution is 5.94. The molecule has 138 valence electrons. The van der Waals surface area contributed by atoms with Crippen LogP contribution in [0.1, 0.15) is 16.2 Å². The van der Waals surface area contributed by atoms with Gasteiger partial charge >= 0.3 is 0 Å². The van der Waals surface area contributed by atoms with Crippen molar-refractivity contribution in [2.24, 2.45) is 0 Å².